The summed E-state index contributed by atoms with van der Waals surface area (Å²) in [5.74, 6) is 0.190. The summed E-state index contributed by atoms with van der Waals surface area (Å²) in [4.78, 5) is 21.3. The number of benzene rings is 1. The second-order valence-electron chi connectivity index (χ2n) is 7.39. The molecule has 2 heterocycles. The SMILES string of the molecule is NS(=O)(=O)OCC1CCC(Nc2ncncc2C(=O)c2ccn(-c3ccccc3)n2)C1. The first-order valence-electron chi connectivity index (χ1n) is 9.78. The lowest BCUT2D eigenvalue weighted by Gasteiger charge is -2.15. The number of anilines is 1. The standard InChI is InChI=1S/C20H22N6O4S/c21-31(28,29)30-12-14-6-7-15(10-14)24-20-17(11-22-13-23-20)19(27)18-8-9-26(25-18)16-4-2-1-3-5-16/h1-5,8-9,11,13-15H,6-7,10,12H2,(H2,21,28,29)(H,22,23,24). The average molecular weight is 443 g/mol. The van der Waals surface area contributed by atoms with E-state index in [1.807, 2.05) is 30.3 Å². The number of carbonyl (C=O) groups is 1. The van der Waals surface area contributed by atoms with Crippen molar-refractivity contribution >= 4 is 21.9 Å². The predicted molar refractivity (Wildman–Crippen MR) is 113 cm³/mol. The molecule has 162 valence electrons. The number of nitrogens with two attached hydrogens (primary N) is 1. The van der Waals surface area contributed by atoms with Crippen LogP contribution in [0, 0.1) is 5.92 Å². The minimum Gasteiger partial charge on any atom is -0.367 e. The normalized spacial score (nSPS) is 18.7. The van der Waals surface area contributed by atoms with E-state index in [9.17, 15) is 13.2 Å². The van der Waals surface area contributed by atoms with E-state index in [-0.39, 0.29) is 30.0 Å². The molecule has 3 aromatic rings. The lowest BCUT2D eigenvalue weighted by Crippen LogP contribution is -2.22. The molecule has 4 rings (SSSR count). The monoisotopic (exact) mass is 442 g/mol. The Morgan fingerprint density at radius 3 is 2.81 bits per heavy atom. The fourth-order valence-electron chi connectivity index (χ4n) is 3.66. The van der Waals surface area contributed by atoms with Gasteiger partial charge in [0.2, 0.25) is 5.78 Å². The van der Waals surface area contributed by atoms with Crippen LogP contribution in [0.4, 0.5) is 5.82 Å². The Morgan fingerprint density at radius 2 is 2.03 bits per heavy atom. The van der Waals surface area contributed by atoms with Crippen LogP contribution >= 0.6 is 0 Å². The molecule has 31 heavy (non-hydrogen) atoms. The summed E-state index contributed by atoms with van der Waals surface area (Å²) in [6, 6.07) is 11.2. The summed E-state index contributed by atoms with van der Waals surface area (Å²) in [5, 5.41) is 12.6. The first kappa shape index (κ1) is 21.1. The molecule has 11 heteroatoms. The molecular formula is C20H22N6O4S. The van der Waals surface area contributed by atoms with Crippen LogP contribution in [0.2, 0.25) is 0 Å². The smallest absolute Gasteiger partial charge is 0.333 e. The van der Waals surface area contributed by atoms with E-state index >= 15 is 0 Å². The Bertz CT molecular complexity index is 1170. The summed E-state index contributed by atoms with van der Waals surface area (Å²) in [6.45, 7) is 0.0451. The number of carbonyl (C=O) groups excluding carboxylic acids is 1. The van der Waals surface area contributed by atoms with Gasteiger partial charge >= 0.3 is 10.3 Å². The van der Waals surface area contributed by atoms with E-state index in [0.717, 1.165) is 18.5 Å². The van der Waals surface area contributed by atoms with E-state index in [1.54, 1.807) is 16.9 Å². The number of rotatable bonds is 8. The summed E-state index contributed by atoms with van der Waals surface area (Å²) in [5.41, 5.74) is 1.46. The van der Waals surface area contributed by atoms with Crippen molar-refractivity contribution < 1.29 is 17.4 Å². The first-order chi connectivity index (χ1) is 14.9. The van der Waals surface area contributed by atoms with Crippen LogP contribution in [0.15, 0.2) is 55.1 Å². The van der Waals surface area contributed by atoms with Gasteiger partial charge in [-0.3, -0.25) is 8.98 Å². The summed E-state index contributed by atoms with van der Waals surface area (Å²) >= 11 is 0. The Kier molecular flexibility index (Phi) is 6.07. The molecule has 0 spiro atoms. The van der Waals surface area contributed by atoms with E-state index in [4.69, 9.17) is 9.32 Å². The van der Waals surface area contributed by atoms with Gasteiger partial charge in [-0.05, 0) is 43.4 Å². The van der Waals surface area contributed by atoms with Gasteiger partial charge in [0, 0.05) is 18.4 Å². The second kappa shape index (κ2) is 8.92. The Morgan fingerprint density at radius 1 is 1.23 bits per heavy atom. The highest BCUT2D eigenvalue weighted by molar-refractivity contribution is 7.84. The maximum atomic E-state index is 13.1. The van der Waals surface area contributed by atoms with Crippen LogP contribution < -0.4 is 10.5 Å². The third kappa shape index (κ3) is 5.32. The van der Waals surface area contributed by atoms with Gasteiger partial charge in [0.15, 0.2) is 0 Å². The van der Waals surface area contributed by atoms with Gasteiger partial charge in [-0.1, -0.05) is 18.2 Å². The molecule has 3 N–H and O–H groups in total. The number of hydrogen-bond donors (Lipinski definition) is 2. The molecule has 2 atom stereocenters. The molecule has 1 aliphatic rings. The minimum atomic E-state index is -3.95. The highest BCUT2D eigenvalue weighted by Crippen LogP contribution is 2.29. The zero-order chi connectivity index (χ0) is 21.8. The molecule has 10 nitrogen and oxygen atoms in total. The van der Waals surface area contributed by atoms with Crippen LogP contribution in [-0.4, -0.2) is 46.6 Å². The molecule has 1 aromatic carbocycles. The maximum Gasteiger partial charge on any atom is 0.333 e. The van der Waals surface area contributed by atoms with Gasteiger partial charge in [-0.25, -0.2) is 19.8 Å². The van der Waals surface area contributed by atoms with E-state index in [2.05, 4.69) is 20.4 Å². The molecule has 2 aromatic heterocycles. The highest BCUT2D eigenvalue weighted by Gasteiger charge is 2.28. The van der Waals surface area contributed by atoms with Crippen molar-refractivity contribution in [3.05, 3.63) is 66.4 Å². The van der Waals surface area contributed by atoms with Crippen LogP contribution in [0.3, 0.4) is 0 Å². The van der Waals surface area contributed by atoms with Crippen molar-refractivity contribution in [1.29, 1.82) is 0 Å². The topological polar surface area (TPSA) is 142 Å². The van der Waals surface area contributed by atoms with Crippen LogP contribution in [0.1, 0.15) is 35.3 Å². The van der Waals surface area contributed by atoms with Gasteiger partial charge in [0.25, 0.3) is 0 Å². The van der Waals surface area contributed by atoms with Crippen LogP contribution in [0.25, 0.3) is 5.69 Å². The lowest BCUT2D eigenvalue weighted by molar-refractivity contribution is 0.103. The summed E-state index contributed by atoms with van der Waals surface area (Å²) < 4.78 is 28.3. The Hall–Kier alpha value is -3.15. The molecule has 0 amide bonds. The number of nitrogens with one attached hydrogen (secondary N) is 1. The molecular weight excluding hydrogens is 420 g/mol. The molecule has 1 fully saturated rings. The number of ketones is 1. The van der Waals surface area contributed by atoms with Gasteiger partial charge in [-0.15, -0.1) is 0 Å². The number of nitrogens with zero attached hydrogens (tertiary/aromatic N) is 4. The molecule has 1 saturated carbocycles. The second-order valence-corrected chi connectivity index (χ2v) is 8.61. The fraction of sp³-hybridized carbons (Fsp3) is 0.300. The van der Waals surface area contributed by atoms with Crippen molar-refractivity contribution in [2.75, 3.05) is 11.9 Å². The molecule has 0 saturated heterocycles. The van der Waals surface area contributed by atoms with E-state index in [0.29, 0.717) is 17.8 Å². The fourth-order valence-corrected chi connectivity index (χ4v) is 4.04. The Labute approximate surface area is 179 Å². The molecule has 0 aliphatic heterocycles. The zero-order valence-corrected chi connectivity index (χ0v) is 17.4. The zero-order valence-electron chi connectivity index (χ0n) is 16.6. The van der Waals surface area contributed by atoms with Crippen molar-refractivity contribution in [3.8, 4) is 5.69 Å². The van der Waals surface area contributed by atoms with Gasteiger partial charge in [-0.2, -0.15) is 13.5 Å². The van der Waals surface area contributed by atoms with Crippen molar-refractivity contribution in [3.63, 3.8) is 0 Å². The quantitative estimate of drug-likeness (QED) is 0.502. The van der Waals surface area contributed by atoms with E-state index < -0.39 is 10.3 Å². The van der Waals surface area contributed by atoms with Crippen molar-refractivity contribution in [1.82, 2.24) is 19.7 Å². The molecule has 1 aliphatic carbocycles. The number of aromatic nitrogens is 4. The van der Waals surface area contributed by atoms with Crippen LogP contribution in [-0.2, 0) is 14.5 Å². The van der Waals surface area contributed by atoms with Crippen molar-refractivity contribution in [2.24, 2.45) is 11.1 Å². The number of para-hydroxylation sites is 1. The third-order valence-corrected chi connectivity index (χ3v) is 5.61. The van der Waals surface area contributed by atoms with Crippen LogP contribution in [0.5, 0.6) is 0 Å². The molecule has 2 unspecified atom stereocenters. The van der Waals surface area contributed by atoms with Gasteiger partial charge in [0.05, 0.1) is 17.9 Å². The predicted octanol–water partition coefficient (Wildman–Crippen LogP) is 1.69. The number of hydrogen-bond acceptors (Lipinski definition) is 8. The summed E-state index contributed by atoms with van der Waals surface area (Å²) in [7, 11) is -3.95. The minimum absolute atomic E-state index is 0.0254. The van der Waals surface area contributed by atoms with Gasteiger partial charge < -0.3 is 5.32 Å². The average Bonchev–Trinajstić information content (AvgIpc) is 3.42. The van der Waals surface area contributed by atoms with Crippen molar-refractivity contribution in [2.45, 2.75) is 25.3 Å². The first-order valence-corrected chi connectivity index (χ1v) is 11.3. The molecule has 0 radical (unpaired) electrons. The van der Waals surface area contributed by atoms with Gasteiger partial charge in [0.1, 0.15) is 17.8 Å². The largest absolute Gasteiger partial charge is 0.367 e. The highest BCUT2D eigenvalue weighted by atomic mass is 32.2. The molecule has 0 bridgehead atoms. The lowest BCUT2D eigenvalue weighted by atomic mass is 10.1. The van der Waals surface area contributed by atoms with E-state index in [1.165, 1.54) is 12.5 Å². The third-order valence-electron chi connectivity index (χ3n) is 5.15. The Balaban J connectivity index is 1.46. The summed E-state index contributed by atoms with van der Waals surface area (Å²) in [6.07, 6.45) is 6.82. The maximum absolute atomic E-state index is 13.1.